The smallest absolute Gasteiger partial charge is 0.303 e. The molecule has 21 heavy (non-hydrogen) atoms. The number of fused-ring (bicyclic) bond motifs is 3. The van der Waals surface area contributed by atoms with Crippen LogP contribution in [-0.4, -0.2) is 35.5 Å². The monoisotopic (exact) mass is 294 g/mol. The molecule has 4 heteroatoms. The van der Waals surface area contributed by atoms with Crippen LogP contribution in [0.25, 0.3) is 0 Å². The summed E-state index contributed by atoms with van der Waals surface area (Å²) in [7, 11) is 0. The second-order valence-corrected chi connectivity index (χ2v) is 7.64. The zero-order chi connectivity index (χ0) is 15.5. The normalized spacial score (nSPS) is 49.1. The minimum absolute atomic E-state index is 0.0465. The van der Waals surface area contributed by atoms with Gasteiger partial charge in [-0.15, -0.1) is 0 Å². The molecule has 0 aromatic heterocycles. The number of rotatable bonds is 1. The first-order valence-electron chi connectivity index (χ1n) is 7.89. The number of carbonyl (C=O) groups excluding carboxylic acids is 1. The fourth-order valence-electron chi connectivity index (χ4n) is 4.94. The van der Waals surface area contributed by atoms with Gasteiger partial charge in [0.15, 0.2) is 0 Å². The van der Waals surface area contributed by atoms with Crippen LogP contribution >= 0.6 is 0 Å². The van der Waals surface area contributed by atoms with Gasteiger partial charge in [-0.05, 0) is 26.2 Å². The lowest BCUT2D eigenvalue weighted by Gasteiger charge is -2.60. The molecule has 0 bridgehead atoms. The number of hydrogen-bond donors (Lipinski definition) is 1. The van der Waals surface area contributed by atoms with Crippen molar-refractivity contribution in [2.45, 2.75) is 71.2 Å². The first-order valence-corrected chi connectivity index (χ1v) is 7.89. The maximum Gasteiger partial charge on any atom is 0.303 e. The van der Waals surface area contributed by atoms with Crippen molar-refractivity contribution in [2.75, 3.05) is 6.61 Å². The summed E-state index contributed by atoms with van der Waals surface area (Å²) in [6.45, 7) is 8.37. The van der Waals surface area contributed by atoms with Crippen molar-refractivity contribution < 1.29 is 19.4 Å². The largest absolute Gasteiger partial charge is 0.456 e. The summed E-state index contributed by atoms with van der Waals surface area (Å²) >= 11 is 0. The minimum Gasteiger partial charge on any atom is -0.456 e. The molecule has 0 aromatic rings. The van der Waals surface area contributed by atoms with Crippen LogP contribution in [0.5, 0.6) is 0 Å². The van der Waals surface area contributed by atoms with E-state index in [4.69, 9.17) is 9.47 Å². The zero-order valence-electron chi connectivity index (χ0n) is 13.4. The first kappa shape index (κ1) is 15.0. The summed E-state index contributed by atoms with van der Waals surface area (Å²) < 4.78 is 11.9. The Labute approximate surface area is 126 Å². The lowest BCUT2D eigenvalue weighted by atomic mass is 9.51. The van der Waals surface area contributed by atoms with Crippen LogP contribution in [-0.2, 0) is 14.3 Å². The Morgan fingerprint density at radius 1 is 1.43 bits per heavy atom. The SMILES string of the molecule is CC(=O)O[C@]12CO[C@@H]3C=C(C)CC[C@]3(C)[C@@]1(C)C[C@@H](O)C2. The maximum absolute atomic E-state index is 11.6. The predicted octanol–water partition coefficient (Wildman–Crippen LogP) is 2.59. The number of aliphatic hydroxyl groups excluding tert-OH is 1. The molecule has 0 radical (unpaired) electrons. The number of esters is 1. The first-order chi connectivity index (χ1) is 9.72. The van der Waals surface area contributed by atoms with E-state index in [2.05, 4.69) is 26.8 Å². The summed E-state index contributed by atoms with van der Waals surface area (Å²) in [6, 6.07) is 0. The Hall–Kier alpha value is -0.870. The van der Waals surface area contributed by atoms with Gasteiger partial charge in [-0.25, -0.2) is 0 Å². The molecule has 0 spiro atoms. The Bertz CT molecular complexity index is 499. The molecule has 2 aliphatic carbocycles. The van der Waals surface area contributed by atoms with Crippen LogP contribution in [0.3, 0.4) is 0 Å². The highest BCUT2D eigenvalue weighted by Crippen LogP contribution is 2.65. The van der Waals surface area contributed by atoms with Crippen LogP contribution in [0.1, 0.15) is 53.4 Å². The highest BCUT2D eigenvalue weighted by Gasteiger charge is 2.70. The van der Waals surface area contributed by atoms with Crippen LogP contribution < -0.4 is 0 Å². The third-order valence-corrected chi connectivity index (χ3v) is 6.41. The topological polar surface area (TPSA) is 55.8 Å². The molecule has 1 saturated heterocycles. The van der Waals surface area contributed by atoms with E-state index in [9.17, 15) is 9.90 Å². The van der Waals surface area contributed by atoms with Gasteiger partial charge in [0.1, 0.15) is 5.60 Å². The molecule has 4 nitrogen and oxygen atoms in total. The van der Waals surface area contributed by atoms with E-state index in [1.54, 1.807) is 0 Å². The van der Waals surface area contributed by atoms with Gasteiger partial charge >= 0.3 is 5.97 Å². The highest BCUT2D eigenvalue weighted by molar-refractivity contribution is 5.67. The molecule has 118 valence electrons. The van der Waals surface area contributed by atoms with E-state index in [0.29, 0.717) is 19.4 Å². The molecule has 0 amide bonds. The number of aliphatic hydroxyl groups is 1. The number of hydrogen-bond acceptors (Lipinski definition) is 4. The van der Waals surface area contributed by atoms with Crippen LogP contribution in [0, 0.1) is 10.8 Å². The predicted molar refractivity (Wildman–Crippen MR) is 78.7 cm³/mol. The molecular formula is C17H26O4. The van der Waals surface area contributed by atoms with Gasteiger partial charge in [-0.1, -0.05) is 25.5 Å². The van der Waals surface area contributed by atoms with Crippen molar-refractivity contribution >= 4 is 5.97 Å². The molecule has 1 heterocycles. The van der Waals surface area contributed by atoms with E-state index in [0.717, 1.165) is 12.8 Å². The molecule has 3 rings (SSSR count). The Balaban J connectivity index is 2.06. The highest BCUT2D eigenvalue weighted by atomic mass is 16.6. The summed E-state index contributed by atoms with van der Waals surface area (Å²) in [6.07, 6.45) is 5.03. The molecule has 1 N–H and O–H groups in total. The van der Waals surface area contributed by atoms with Gasteiger partial charge in [-0.2, -0.15) is 0 Å². The second-order valence-electron chi connectivity index (χ2n) is 7.64. The zero-order valence-corrected chi connectivity index (χ0v) is 13.4. The van der Waals surface area contributed by atoms with E-state index in [1.807, 2.05) is 0 Å². The van der Waals surface area contributed by atoms with Crippen molar-refractivity contribution in [3.8, 4) is 0 Å². The van der Waals surface area contributed by atoms with Crippen molar-refractivity contribution in [1.29, 1.82) is 0 Å². The van der Waals surface area contributed by atoms with Crippen molar-refractivity contribution in [3.05, 3.63) is 11.6 Å². The fourth-order valence-corrected chi connectivity index (χ4v) is 4.94. The molecule has 3 aliphatic rings. The number of carbonyl (C=O) groups is 1. The summed E-state index contributed by atoms with van der Waals surface area (Å²) in [5.41, 5.74) is 0.297. The van der Waals surface area contributed by atoms with Gasteiger partial charge in [0.05, 0.1) is 18.8 Å². The van der Waals surface area contributed by atoms with E-state index in [1.165, 1.54) is 12.5 Å². The Morgan fingerprint density at radius 3 is 2.81 bits per heavy atom. The number of allylic oxidation sites excluding steroid dienone is 1. The quantitative estimate of drug-likeness (QED) is 0.596. The minimum atomic E-state index is -0.692. The van der Waals surface area contributed by atoms with Crippen molar-refractivity contribution in [3.63, 3.8) is 0 Å². The lowest BCUT2D eigenvalue weighted by molar-refractivity contribution is -0.256. The summed E-state index contributed by atoms with van der Waals surface area (Å²) in [5, 5.41) is 10.3. The summed E-state index contributed by atoms with van der Waals surface area (Å²) in [5.74, 6) is -0.288. The van der Waals surface area contributed by atoms with Crippen molar-refractivity contribution in [2.24, 2.45) is 10.8 Å². The second kappa shape index (κ2) is 4.56. The molecule has 1 saturated carbocycles. The average Bonchev–Trinajstić information content (AvgIpc) is 2.62. The molecular weight excluding hydrogens is 268 g/mol. The Kier molecular flexibility index (Phi) is 3.27. The molecule has 5 atom stereocenters. The van der Waals surface area contributed by atoms with Crippen LogP contribution in [0.15, 0.2) is 11.6 Å². The van der Waals surface area contributed by atoms with Crippen LogP contribution in [0.4, 0.5) is 0 Å². The molecule has 1 aliphatic heterocycles. The van der Waals surface area contributed by atoms with E-state index < -0.39 is 11.7 Å². The Morgan fingerprint density at radius 2 is 2.14 bits per heavy atom. The molecule has 2 fully saturated rings. The third kappa shape index (κ3) is 1.92. The van der Waals surface area contributed by atoms with Gasteiger partial charge in [0.25, 0.3) is 0 Å². The molecule has 0 aromatic carbocycles. The van der Waals surface area contributed by atoms with Gasteiger partial charge in [-0.3, -0.25) is 4.79 Å². The fraction of sp³-hybridized carbons (Fsp3) is 0.824. The lowest BCUT2D eigenvalue weighted by Crippen LogP contribution is -2.65. The van der Waals surface area contributed by atoms with Gasteiger partial charge in [0, 0.05) is 24.2 Å². The average molecular weight is 294 g/mol. The van der Waals surface area contributed by atoms with E-state index in [-0.39, 0.29) is 22.9 Å². The van der Waals surface area contributed by atoms with Gasteiger partial charge < -0.3 is 14.6 Å². The van der Waals surface area contributed by atoms with E-state index >= 15 is 0 Å². The third-order valence-electron chi connectivity index (χ3n) is 6.41. The standard InChI is InChI=1S/C17H26O4/c1-11-5-6-15(3)14(7-11)20-10-17(21-12(2)18)9-13(19)8-16(15,17)4/h7,13-14,19H,5-6,8-10H2,1-4H3/t13-,14-,15+,16-,17-/m1/s1. The van der Waals surface area contributed by atoms with Crippen molar-refractivity contribution in [1.82, 2.24) is 0 Å². The maximum atomic E-state index is 11.6. The van der Waals surface area contributed by atoms with Gasteiger partial charge in [0.2, 0.25) is 0 Å². The molecule has 0 unspecified atom stereocenters. The van der Waals surface area contributed by atoms with Crippen LogP contribution in [0.2, 0.25) is 0 Å². The number of ether oxygens (including phenoxy) is 2. The summed E-state index contributed by atoms with van der Waals surface area (Å²) in [4.78, 5) is 11.6.